The summed E-state index contributed by atoms with van der Waals surface area (Å²) in [6.45, 7) is 5.14. The molecule has 1 aromatic rings. The SMILES string of the molecule is Cc1cc(C(N)C2CCCO2)c(C)s1. The molecule has 14 heavy (non-hydrogen) atoms. The van der Waals surface area contributed by atoms with Crippen LogP contribution in [0.5, 0.6) is 0 Å². The Morgan fingerprint density at radius 2 is 2.36 bits per heavy atom. The van der Waals surface area contributed by atoms with Gasteiger partial charge in [-0.3, -0.25) is 0 Å². The zero-order chi connectivity index (χ0) is 10.1. The lowest BCUT2D eigenvalue weighted by atomic mass is 10.0. The molecule has 2 rings (SSSR count). The van der Waals surface area contributed by atoms with Gasteiger partial charge in [0.05, 0.1) is 12.1 Å². The van der Waals surface area contributed by atoms with Crippen LogP contribution < -0.4 is 5.73 Å². The van der Waals surface area contributed by atoms with E-state index in [-0.39, 0.29) is 12.1 Å². The summed E-state index contributed by atoms with van der Waals surface area (Å²) >= 11 is 1.82. The lowest BCUT2D eigenvalue weighted by Gasteiger charge is -2.18. The third kappa shape index (κ3) is 1.85. The van der Waals surface area contributed by atoms with Gasteiger partial charge in [0.2, 0.25) is 0 Å². The fourth-order valence-electron chi connectivity index (χ4n) is 2.07. The van der Waals surface area contributed by atoms with E-state index < -0.39 is 0 Å². The summed E-state index contributed by atoms with van der Waals surface area (Å²) in [5, 5.41) is 0. The standard InChI is InChI=1S/C11H17NOS/c1-7-6-9(8(2)14-7)11(12)10-4-3-5-13-10/h6,10-11H,3-5,12H2,1-2H3. The van der Waals surface area contributed by atoms with E-state index >= 15 is 0 Å². The number of hydrogen-bond donors (Lipinski definition) is 1. The van der Waals surface area contributed by atoms with Gasteiger partial charge in [0.15, 0.2) is 0 Å². The van der Waals surface area contributed by atoms with Crippen molar-refractivity contribution in [3.63, 3.8) is 0 Å². The van der Waals surface area contributed by atoms with Crippen LogP contribution in [0.4, 0.5) is 0 Å². The lowest BCUT2D eigenvalue weighted by molar-refractivity contribution is 0.0900. The zero-order valence-corrected chi connectivity index (χ0v) is 9.56. The van der Waals surface area contributed by atoms with Crippen LogP contribution in [0.15, 0.2) is 6.07 Å². The second kappa shape index (κ2) is 4.01. The van der Waals surface area contributed by atoms with Crippen LogP contribution in [0, 0.1) is 13.8 Å². The van der Waals surface area contributed by atoms with Gasteiger partial charge in [-0.1, -0.05) is 0 Å². The molecule has 1 aromatic heterocycles. The van der Waals surface area contributed by atoms with Crippen LogP contribution in [0.2, 0.25) is 0 Å². The summed E-state index contributed by atoms with van der Waals surface area (Å²) in [6, 6.07) is 2.27. The highest BCUT2D eigenvalue weighted by atomic mass is 32.1. The van der Waals surface area contributed by atoms with Crippen molar-refractivity contribution in [2.24, 2.45) is 5.73 Å². The van der Waals surface area contributed by atoms with Crippen LogP contribution in [0.1, 0.15) is 34.2 Å². The molecule has 3 heteroatoms. The molecule has 0 aliphatic carbocycles. The lowest BCUT2D eigenvalue weighted by Crippen LogP contribution is -2.25. The van der Waals surface area contributed by atoms with Gasteiger partial charge in [0.25, 0.3) is 0 Å². The highest BCUT2D eigenvalue weighted by Crippen LogP contribution is 2.31. The first-order valence-corrected chi connectivity index (χ1v) is 5.94. The Balaban J connectivity index is 2.17. The Hall–Kier alpha value is -0.380. The topological polar surface area (TPSA) is 35.2 Å². The van der Waals surface area contributed by atoms with E-state index in [0.29, 0.717) is 0 Å². The van der Waals surface area contributed by atoms with Crippen molar-refractivity contribution in [3.05, 3.63) is 21.4 Å². The first kappa shape index (κ1) is 10.1. The van der Waals surface area contributed by atoms with Gasteiger partial charge in [-0.25, -0.2) is 0 Å². The number of nitrogens with two attached hydrogens (primary N) is 1. The van der Waals surface area contributed by atoms with Gasteiger partial charge in [0.1, 0.15) is 0 Å². The summed E-state index contributed by atoms with van der Waals surface area (Å²) in [6.07, 6.45) is 2.50. The average molecular weight is 211 g/mol. The second-order valence-electron chi connectivity index (χ2n) is 3.95. The molecule has 0 aromatic carbocycles. The minimum Gasteiger partial charge on any atom is -0.376 e. The quantitative estimate of drug-likeness (QED) is 0.816. The molecule has 1 fully saturated rings. The fourth-order valence-corrected chi connectivity index (χ4v) is 3.05. The van der Waals surface area contributed by atoms with Gasteiger partial charge in [-0.15, -0.1) is 11.3 Å². The van der Waals surface area contributed by atoms with Crippen LogP contribution in [0.25, 0.3) is 0 Å². The van der Waals surface area contributed by atoms with Crippen LogP contribution in [0.3, 0.4) is 0 Å². The van der Waals surface area contributed by atoms with Gasteiger partial charge >= 0.3 is 0 Å². The van der Waals surface area contributed by atoms with E-state index in [1.165, 1.54) is 15.3 Å². The molecule has 0 amide bonds. The predicted octanol–water partition coefficient (Wildman–Crippen LogP) is 2.54. The molecule has 0 bridgehead atoms. The third-order valence-corrected chi connectivity index (χ3v) is 3.79. The fraction of sp³-hybridized carbons (Fsp3) is 0.636. The number of thiophene rings is 1. The van der Waals surface area contributed by atoms with Crippen molar-refractivity contribution in [1.82, 2.24) is 0 Å². The molecule has 0 saturated carbocycles. The third-order valence-electron chi connectivity index (χ3n) is 2.80. The van der Waals surface area contributed by atoms with Crippen molar-refractivity contribution >= 4 is 11.3 Å². The first-order valence-electron chi connectivity index (χ1n) is 5.12. The van der Waals surface area contributed by atoms with E-state index in [2.05, 4.69) is 19.9 Å². The van der Waals surface area contributed by atoms with Crippen LogP contribution >= 0.6 is 11.3 Å². The van der Waals surface area contributed by atoms with Crippen LogP contribution in [-0.2, 0) is 4.74 Å². The van der Waals surface area contributed by atoms with E-state index in [1.54, 1.807) is 0 Å². The second-order valence-corrected chi connectivity index (χ2v) is 5.41. The molecule has 2 N–H and O–H groups in total. The highest BCUT2D eigenvalue weighted by molar-refractivity contribution is 7.12. The van der Waals surface area contributed by atoms with Crippen molar-refractivity contribution in [3.8, 4) is 0 Å². The average Bonchev–Trinajstić information content (AvgIpc) is 2.73. The Labute approximate surface area is 89.1 Å². The molecule has 1 aliphatic rings. The molecule has 0 spiro atoms. The summed E-state index contributed by atoms with van der Waals surface area (Å²) < 4.78 is 5.61. The molecular formula is C11H17NOS. The van der Waals surface area contributed by atoms with Crippen molar-refractivity contribution in [2.45, 2.75) is 38.8 Å². The van der Waals surface area contributed by atoms with Crippen molar-refractivity contribution < 1.29 is 4.74 Å². The summed E-state index contributed by atoms with van der Waals surface area (Å²) in [5.74, 6) is 0. The van der Waals surface area contributed by atoms with E-state index in [9.17, 15) is 0 Å². The zero-order valence-electron chi connectivity index (χ0n) is 8.75. The maximum absolute atomic E-state index is 6.20. The van der Waals surface area contributed by atoms with Gasteiger partial charge in [0, 0.05) is 16.4 Å². The van der Waals surface area contributed by atoms with E-state index in [1.807, 2.05) is 11.3 Å². The van der Waals surface area contributed by atoms with Gasteiger partial charge in [-0.05, 0) is 38.3 Å². The minimum absolute atomic E-state index is 0.0717. The smallest absolute Gasteiger partial charge is 0.0768 e. The van der Waals surface area contributed by atoms with Gasteiger partial charge < -0.3 is 10.5 Å². The molecule has 2 atom stereocenters. The molecule has 0 radical (unpaired) electrons. The minimum atomic E-state index is 0.0717. The van der Waals surface area contributed by atoms with Crippen molar-refractivity contribution in [1.29, 1.82) is 0 Å². The Morgan fingerprint density at radius 3 is 2.86 bits per heavy atom. The molecule has 2 unspecified atom stereocenters. The molecule has 1 saturated heterocycles. The van der Waals surface area contributed by atoms with Crippen LogP contribution in [-0.4, -0.2) is 12.7 Å². The Morgan fingerprint density at radius 1 is 1.57 bits per heavy atom. The van der Waals surface area contributed by atoms with E-state index in [4.69, 9.17) is 10.5 Å². The molecular weight excluding hydrogens is 194 g/mol. The van der Waals surface area contributed by atoms with E-state index in [0.717, 1.165) is 19.4 Å². The number of rotatable bonds is 2. The maximum atomic E-state index is 6.20. The first-order chi connectivity index (χ1) is 6.68. The molecule has 1 aliphatic heterocycles. The van der Waals surface area contributed by atoms with Gasteiger partial charge in [-0.2, -0.15) is 0 Å². The maximum Gasteiger partial charge on any atom is 0.0768 e. The largest absolute Gasteiger partial charge is 0.376 e. The predicted molar refractivity (Wildman–Crippen MR) is 59.7 cm³/mol. The number of aryl methyl sites for hydroxylation is 2. The van der Waals surface area contributed by atoms with Crippen molar-refractivity contribution in [2.75, 3.05) is 6.61 Å². The Bertz CT molecular complexity index is 315. The monoisotopic (exact) mass is 211 g/mol. The summed E-state index contributed by atoms with van der Waals surface area (Å²) in [5.41, 5.74) is 7.47. The number of hydrogen-bond acceptors (Lipinski definition) is 3. The molecule has 78 valence electrons. The summed E-state index contributed by atoms with van der Waals surface area (Å²) in [7, 11) is 0. The summed E-state index contributed by atoms with van der Waals surface area (Å²) in [4.78, 5) is 2.68. The number of ether oxygens (including phenoxy) is 1. The normalized spacial score (nSPS) is 24.1. The molecule has 2 nitrogen and oxygen atoms in total. The molecule has 2 heterocycles. The Kier molecular flexibility index (Phi) is 2.91. The highest BCUT2D eigenvalue weighted by Gasteiger charge is 2.25.